The van der Waals surface area contributed by atoms with E-state index < -0.39 is 0 Å². The van der Waals surface area contributed by atoms with Crippen LogP contribution in [0.5, 0.6) is 0 Å². The van der Waals surface area contributed by atoms with Crippen LogP contribution in [0.4, 0.5) is 5.69 Å². The second-order valence-electron chi connectivity index (χ2n) is 11.6. The molecule has 1 aliphatic heterocycles. The van der Waals surface area contributed by atoms with E-state index in [4.69, 9.17) is 0 Å². The number of hydrogen-bond acceptors (Lipinski definition) is 7. The summed E-state index contributed by atoms with van der Waals surface area (Å²) in [5, 5.41) is 4.64. The molecule has 1 amide bonds. The quantitative estimate of drug-likeness (QED) is 0.189. The van der Waals surface area contributed by atoms with Crippen LogP contribution in [0.1, 0.15) is 71.2 Å². The summed E-state index contributed by atoms with van der Waals surface area (Å²) in [4.78, 5) is 35.4. The molecule has 1 aromatic carbocycles. The van der Waals surface area contributed by atoms with Crippen molar-refractivity contribution < 1.29 is 9.59 Å². The van der Waals surface area contributed by atoms with E-state index in [1.165, 1.54) is 54.6 Å². The highest BCUT2D eigenvalue weighted by molar-refractivity contribution is 7.17. The minimum absolute atomic E-state index is 0.218. The number of anilines is 1. The molecule has 0 radical (unpaired) electrons. The van der Waals surface area contributed by atoms with Gasteiger partial charge in [-0.2, -0.15) is 0 Å². The Kier molecular flexibility index (Phi) is 9.88. The molecule has 0 unspecified atom stereocenters. The van der Waals surface area contributed by atoms with Gasteiger partial charge in [-0.05, 0) is 67.0 Å². The summed E-state index contributed by atoms with van der Waals surface area (Å²) >= 11 is 2.95. The number of thiazole rings is 1. The summed E-state index contributed by atoms with van der Waals surface area (Å²) in [6.45, 7) is 9.02. The summed E-state index contributed by atoms with van der Waals surface area (Å²) in [5.41, 5.74) is 10.1. The van der Waals surface area contributed by atoms with E-state index in [-0.39, 0.29) is 5.91 Å². The van der Waals surface area contributed by atoms with E-state index in [2.05, 4.69) is 60.0 Å². The Bertz CT molecular complexity index is 1480. The Labute approximate surface area is 257 Å². The number of rotatable bonds is 10. The zero-order valence-electron chi connectivity index (χ0n) is 24.8. The molecule has 1 saturated carbocycles. The van der Waals surface area contributed by atoms with Gasteiger partial charge < -0.3 is 10.2 Å². The largest absolute Gasteiger partial charge is 0.383 e. The van der Waals surface area contributed by atoms with Crippen LogP contribution >= 0.6 is 22.7 Å². The molecule has 42 heavy (non-hydrogen) atoms. The van der Waals surface area contributed by atoms with Crippen molar-refractivity contribution >= 4 is 46.1 Å². The van der Waals surface area contributed by atoms with Crippen LogP contribution in [0, 0.1) is 5.92 Å². The Balaban J connectivity index is 1.44. The molecule has 1 N–H and O–H groups in total. The van der Waals surface area contributed by atoms with Crippen LogP contribution in [0.2, 0.25) is 0 Å². The van der Waals surface area contributed by atoms with Gasteiger partial charge in [0.2, 0.25) is 0 Å². The molecule has 1 fully saturated rings. The highest BCUT2D eigenvalue weighted by Gasteiger charge is 2.29. The van der Waals surface area contributed by atoms with Crippen molar-refractivity contribution in [2.24, 2.45) is 5.92 Å². The molecule has 2 aromatic heterocycles. The van der Waals surface area contributed by atoms with E-state index in [0.29, 0.717) is 17.3 Å². The maximum Gasteiger partial charge on any atom is 0.275 e. The van der Waals surface area contributed by atoms with Crippen LogP contribution in [-0.4, -0.2) is 60.7 Å². The Morgan fingerprint density at radius 1 is 1.19 bits per heavy atom. The lowest BCUT2D eigenvalue weighted by Gasteiger charge is -2.36. The topological polar surface area (TPSA) is 65.5 Å². The first-order chi connectivity index (χ1) is 20.3. The molecule has 0 bridgehead atoms. The summed E-state index contributed by atoms with van der Waals surface area (Å²) in [6, 6.07) is 10.1. The van der Waals surface area contributed by atoms with Gasteiger partial charge in [-0.3, -0.25) is 14.5 Å². The number of carbonyl (C=O) groups is 2. The molecule has 8 heteroatoms. The number of hydrogen-bond donors (Lipinski definition) is 1. The molecule has 220 valence electrons. The second kappa shape index (κ2) is 13.8. The summed E-state index contributed by atoms with van der Waals surface area (Å²) < 4.78 is 0. The molecule has 0 saturated heterocycles. The summed E-state index contributed by atoms with van der Waals surface area (Å²) in [5.74, 6) is 0.391. The highest BCUT2D eigenvalue weighted by atomic mass is 32.1. The van der Waals surface area contributed by atoms with Crippen molar-refractivity contribution in [3.8, 4) is 10.4 Å². The van der Waals surface area contributed by atoms with E-state index in [0.717, 1.165) is 58.8 Å². The number of aldehydes is 1. The fraction of sp³-hybridized carbons (Fsp3) is 0.382. The molecular weight excluding hydrogens is 561 g/mol. The Hall–Kier alpha value is -3.33. The van der Waals surface area contributed by atoms with Crippen LogP contribution in [0.3, 0.4) is 0 Å². The first-order valence-corrected chi connectivity index (χ1v) is 16.4. The third-order valence-corrected chi connectivity index (χ3v) is 9.90. The number of amides is 1. The molecule has 6 nitrogen and oxygen atoms in total. The number of nitrogens with one attached hydrogen (secondary N) is 1. The van der Waals surface area contributed by atoms with Crippen LogP contribution in [0.15, 0.2) is 70.7 Å². The zero-order chi connectivity index (χ0) is 29.6. The molecule has 2 aliphatic rings. The monoisotopic (exact) mass is 600 g/mol. The van der Waals surface area contributed by atoms with Gasteiger partial charge in [0, 0.05) is 61.4 Å². The molecule has 1 aliphatic carbocycles. The average molecular weight is 601 g/mol. The lowest BCUT2D eigenvalue weighted by Crippen LogP contribution is -2.35. The minimum Gasteiger partial charge on any atom is -0.383 e. The molecule has 3 heterocycles. The highest BCUT2D eigenvalue weighted by Crippen LogP contribution is 2.42. The van der Waals surface area contributed by atoms with Crippen molar-refractivity contribution in [2.45, 2.75) is 45.4 Å². The van der Waals surface area contributed by atoms with E-state index in [1.54, 1.807) is 27.8 Å². The van der Waals surface area contributed by atoms with Gasteiger partial charge >= 0.3 is 0 Å². The predicted octanol–water partition coefficient (Wildman–Crippen LogP) is 8.00. The van der Waals surface area contributed by atoms with Crippen molar-refractivity contribution in [1.82, 2.24) is 14.8 Å². The average Bonchev–Trinajstić information content (AvgIpc) is 3.68. The fourth-order valence-corrected chi connectivity index (χ4v) is 7.62. The number of nitrogens with zero attached hydrogens (tertiary/aromatic N) is 3. The van der Waals surface area contributed by atoms with Crippen molar-refractivity contribution in [2.75, 3.05) is 39.0 Å². The molecule has 5 rings (SSSR count). The van der Waals surface area contributed by atoms with Gasteiger partial charge in [0.05, 0.1) is 10.4 Å². The van der Waals surface area contributed by atoms with E-state index in [9.17, 15) is 9.59 Å². The lowest BCUT2D eigenvalue weighted by molar-refractivity contribution is 0.102. The molecular formula is C34H40N4O2S2. The second-order valence-corrected chi connectivity index (χ2v) is 13.4. The normalized spacial score (nSPS) is 16.9. The summed E-state index contributed by atoms with van der Waals surface area (Å²) in [7, 11) is 4.10. The minimum atomic E-state index is -0.218. The van der Waals surface area contributed by atoms with E-state index in [1.807, 2.05) is 24.3 Å². The lowest BCUT2D eigenvalue weighted by atomic mass is 9.77. The van der Waals surface area contributed by atoms with Gasteiger partial charge in [-0.25, -0.2) is 4.98 Å². The van der Waals surface area contributed by atoms with Crippen LogP contribution in [0.25, 0.3) is 16.0 Å². The van der Waals surface area contributed by atoms with Gasteiger partial charge in [0.1, 0.15) is 5.69 Å². The maximum absolute atomic E-state index is 12.5. The molecule has 0 spiro atoms. The Morgan fingerprint density at radius 3 is 2.60 bits per heavy atom. The maximum atomic E-state index is 12.5. The standard InChI is InChI=1S/C34H40N4O2S2/c1-23(2)26(17-37(3)4)18-38-15-14-28(24-8-6-5-7-9-24)30(19-38)29-16-32(42-33(29)20-39)25-10-12-27(13-11-25)36-34(40)31-21-41-22-35-31/h10-13,16-17,20-22,24H,1,5-9,14-15,18-19H2,2-4H3,(H,36,40)/b26-17-. The number of aromatic nitrogens is 1. The number of benzene rings is 1. The molecule has 0 atom stereocenters. The molecule has 3 aromatic rings. The number of carbonyl (C=O) groups excluding carboxylic acids is 2. The third-order valence-electron chi connectivity index (χ3n) is 8.21. The van der Waals surface area contributed by atoms with Gasteiger partial charge in [-0.15, -0.1) is 22.7 Å². The zero-order valence-corrected chi connectivity index (χ0v) is 26.5. The Morgan fingerprint density at radius 2 is 1.95 bits per heavy atom. The van der Waals surface area contributed by atoms with Gasteiger partial charge in [0.25, 0.3) is 5.91 Å². The third kappa shape index (κ3) is 7.17. The van der Waals surface area contributed by atoms with E-state index >= 15 is 0 Å². The van der Waals surface area contributed by atoms with Gasteiger partial charge in [-0.1, -0.05) is 49.1 Å². The predicted molar refractivity (Wildman–Crippen MR) is 176 cm³/mol. The van der Waals surface area contributed by atoms with Crippen molar-refractivity contribution in [1.29, 1.82) is 0 Å². The summed E-state index contributed by atoms with van der Waals surface area (Å²) in [6.07, 6.45) is 10.6. The smallest absolute Gasteiger partial charge is 0.275 e. The first-order valence-electron chi connectivity index (χ1n) is 14.7. The van der Waals surface area contributed by atoms with Gasteiger partial charge in [0.15, 0.2) is 6.29 Å². The van der Waals surface area contributed by atoms with Crippen LogP contribution < -0.4 is 5.32 Å². The van der Waals surface area contributed by atoms with Crippen molar-refractivity contribution in [3.05, 3.63) is 86.9 Å². The SMILES string of the molecule is C=C(C)/C(=C\N(C)C)CN1CCC(C2CCCCC2)=C(c2cc(-c3ccc(NC(=O)c4cscn4)cc3)sc2C=O)C1. The van der Waals surface area contributed by atoms with Crippen molar-refractivity contribution in [3.63, 3.8) is 0 Å². The fourth-order valence-electron chi connectivity index (χ4n) is 6.08. The van der Waals surface area contributed by atoms with Crippen LogP contribution in [-0.2, 0) is 0 Å². The first kappa shape index (κ1) is 30.1. The number of thiophene rings is 1.